The fourth-order valence-electron chi connectivity index (χ4n) is 1.84. The van der Waals surface area contributed by atoms with Gasteiger partial charge in [-0.1, -0.05) is 0 Å². The molecule has 0 saturated heterocycles. The highest BCUT2D eigenvalue weighted by Crippen LogP contribution is 2.37. The van der Waals surface area contributed by atoms with Crippen LogP contribution in [0.25, 0.3) is 0 Å². The van der Waals surface area contributed by atoms with Gasteiger partial charge in [0.1, 0.15) is 0 Å². The molecule has 0 fully saturated rings. The minimum Gasteiger partial charge on any atom is -0.385 e. The summed E-state index contributed by atoms with van der Waals surface area (Å²) in [6, 6.07) is 0.877. The zero-order valence-electron chi connectivity index (χ0n) is 11.5. The van der Waals surface area contributed by atoms with Gasteiger partial charge in [-0.15, -0.1) is 0 Å². The number of pyridine rings is 1. The predicted molar refractivity (Wildman–Crippen MR) is 68.2 cm³/mol. The van der Waals surface area contributed by atoms with E-state index in [-0.39, 0.29) is 12.0 Å². The number of methoxy groups -OCH3 is 1. The van der Waals surface area contributed by atoms with Gasteiger partial charge in [-0.05, 0) is 26.0 Å². The van der Waals surface area contributed by atoms with E-state index in [2.05, 4.69) is 10.3 Å². The number of nitrogens with one attached hydrogen (secondary N) is 1. The lowest BCUT2D eigenvalue weighted by atomic mass is 9.90. The van der Waals surface area contributed by atoms with Crippen molar-refractivity contribution in [2.75, 3.05) is 26.8 Å². The molecule has 0 spiro atoms. The Morgan fingerprint density at radius 3 is 2.60 bits per heavy atom. The van der Waals surface area contributed by atoms with Gasteiger partial charge >= 0.3 is 6.18 Å². The van der Waals surface area contributed by atoms with Crippen molar-refractivity contribution in [1.29, 1.82) is 0 Å². The van der Waals surface area contributed by atoms with E-state index in [9.17, 15) is 18.3 Å². The van der Waals surface area contributed by atoms with Gasteiger partial charge in [-0.2, -0.15) is 13.2 Å². The van der Waals surface area contributed by atoms with Crippen molar-refractivity contribution in [3.63, 3.8) is 0 Å². The van der Waals surface area contributed by atoms with Crippen LogP contribution in [0.1, 0.15) is 24.5 Å². The maximum absolute atomic E-state index is 12.9. The van der Waals surface area contributed by atoms with Crippen LogP contribution in [0.2, 0.25) is 0 Å². The minimum absolute atomic E-state index is 0.144. The number of halogens is 3. The number of aliphatic hydroxyl groups is 1. The second-order valence-electron chi connectivity index (χ2n) is 4.69. The Kier molecular flexibility index (Phi) is 5.91. The van der Waals surface area contributed by atoms with E-state index in [0.29, 0.717) is 19.7 Å². The van der Waals surface area contributed by atoms with Crippen molar-refractivity contribution in [2.45, 2.75) is 25.1 Å². The second kappa shape index (κ2) is 7.01. The highest BCUT2D eigenvalue weighted by Gasteiger charge is 2.38. The molecule has 20 heavy (non-hydrogen) atoms. The lowest BCUT2D eigenvalue weighted by Gasteiger charge is -2.26. The second-order valence-corrected chi connectivity index (χ2v) is 4.69. The number of hydrogen-bond donors (Lipinski definition) is 2. The maximum Gasteiger partial charge on any atom is 0.416 e. The molecule has 0 bridgehead atoms. The van der Waals surface area contributed by atoms with Crippen LogP contribution >= 0.6 is 0 Å². The highest BCUT2D eigenvalue weighted by molar-refractivity contribution is 5.31. The first-order valence-electron chi connectivity index (χ1n) is 6.23. The first kappa shape index (κ1) is 16.9. The molecule has 114 valence electrons. The highest BCUT2D eigenvalue weighted by atomic mass is 19.4. The summed E-state index contributed by atoms with van der Waals surface area (Å²) in [5.41, 5.74) is -2.66. The van der Waals surface area contributed by atoms with Crippen LogP contribution < -0.4 is 5.32 Å². The van der Waals surface area contributed by atoms with Crippen molar-refractivity contribution in [2.24, 2.45) is 0 Å². The molecular formula is C13H19F3N2O2. The Morgan fingerprint density at radius 1 is 1.30 bits per heavy atom. The quantitative estimate of drug-likeness (QED) is 0.754. The van der Waals surface area contributed by atoms with Crippen molar-refractivity contribution in [1.82, 2.24) is 10.3 Å². The van der Waals surface area contributed by atoms with Crippen molar-refractivity contribution >= 4 is 0 Å². The Bertz CT molecular complexity index is 422. The zero-order valence-corrected chi connectivity index (χ0v) is 11.5. The van der Waals surface area contributed by atoms with E-state index in [1.54, 1.807) is 7.11 Å². The van der Waals surface area contributed by atoms with Crippen molar-refractivity contribution in [3.8, 4) is 0 Å². The summed E-state index contributed by atoms with van der Waals surface area (Å²) in [4.78, 5) is 3.68. The van der Waals surface area contributed by atoms with Crippen LogP contribution in [-0.4, -0.2) is 36.9 Å². The van der Waals surface area contributed by atoms with Crippen molar-refractivity contribution in [3.05, 3.63) is 29.6 Å². The van der Waals surface area contributed by atoms with Crippen LogP contribution in [0, 0.1) is 0 Å². The van der Waals surface area contributed by atoms with Crippen LogP contribution in [0.5, 0.6) is 0 Å². The van der Waals surface area contributed by atoms with Gasteiger partial charge in [-0.25, -0.2) is 0 Å². The maximum atomic E-state index is 12.9. The Labute approximate surface area is 116 Å². The molecule has 7 heteroatoms. The molecule has 0 saturated carbocycles. The summed E-state index contributed by atoms with van der Waals surface area (Å²) in [5.74, 6) is 0. The van der Waals surface area contributed by atoms with E-state index >= 15 is 0 Å². The first-order valence-corrected chi connectivity index (χ1v) is 6.23. The van der Waals surface area contributed by atoms with E-state index < -0.39 is 17.3 Å². The third kappa shape index (κ3) is 4.73. The largest absolute Gasteiger partial charge is 0.416 e. The minimum atomic E-state index is -4.51. The van der Waals surface area contributed by atoms with E-state index in [1.165, 1.54) is 6.92 Å². The van der Waals surface area contributed by atoms with Gasteiger partial charge in [0.05, 0.1) is 17.8 Å². The smallest absolute Gasteiger partial charge is 0.385 e. The van der Waals surface area contributed by atoms with Gasteiger partial charge in [0.25, 0.3) is 0 Å². The monoisotopic (exact) mass is 292 g/mol. The number of nitrogens with zero attached hydrogens (tertiary/aromatic N) is 1. The van der Waals surface area contributed by atoms with Gasteiger partial charge in [0.2, 0.25) is 0 Å². The fraction of sp³-hybridized carbons (Fsp3) is 0.615. The first-order chi connectivity index (χ1) is 9.29. The molecular weight excluding hydrogens is 273 g/mol. The standard InChI is InChI=1S/C13H19F3N2O2/c1-12(19,4-6-17-7-8-20-2)11-9-18-5-3-10(11)13(14,15)16/h3,5,9,17,19H,4,6-8H2,1-2H3. The van der Waals surface area contributed by atoms with Gasteiger partial charge in [0.15, 0.2) is 0 Å². The lowest BCUT2D eigenvalue weighted by molar-refractivity contribution is -0.140. The predicted octanol–water partition coefficient (Wildman–Crippen LogP) is 1.93. The summed E-state index contributed by atoms with van der Waals surface area (Å²) in [5, 5.41) is 13.3. The molecule has 4 nitrogen and oxygen atoms in total. The van der Waals surface area contributed by atoms with Crippen molar-refractivity contribution < 1.29 is 23.0 Å². The van der Waals surface area contributed by atoms with E-state index in [1.807, 2.05) is 0 Å². The van der Waals surface area contributed by atoms with E-state index in [4.69, 9.17) is 4.74 Å². The fourth-order valence-corrected chi connectivity index (χ4v) is 1.84. The molecule has 0 amide bonds. The van der Waals surface area contributed by atoms with Crippen LogP contribution in [0.3, 0.4) is 0 Å². The summed E-state index contributed by atoms with van der Waals surface area (Å²) < 4.78 is 43.5. The summed E-state index contributed by atoms with van der Waals surface area (Å²) >= 11 is 0. The molecule has 0 aliphatic carbocycles. The molecule has 0 aliphatic heterocycles. The van der Waals surface area contributed by atoms with Gasteiger partial charge < -0.3 is 15.2 Å². The van der Waals surface area contributed by atoms with Crippen LogP contribution in [0.4, 0.5) is 13.2 Å². The molecule has 1 unspecified atom stereocenters. The van der Waals surface area contributed by atoms with E-state index in [0.717, 1.165) is 18.5 Å². The number of aromatic nitrogens is 1. The summed E-state index contributed by atoms with van der Waals surface area (Å²) in [6.45, 7) is 2.81. The molecule has 0 radical (unpaired) electrons. The molecule has 0 aliphatic rings. The Morgan fingerprint density at radius 2 is 2.00 bits per heavy atom. The molecule has 1 atom stereocenters. The van der Waals surface area contributed by atoms with Gasteiger partial charge in [-0.3, -0.25) is 4.98 Å². The third-order valence-corrected chi connectivity index (χ3v) is 2.98. The molecule has 0 aromatic carbocycles. The third-order valence-electron chi connectivity index (χ3n) is 2.98. The van der Waals surface area contributed by atoms with Crippen LogP contribution in [-0.2, 0) is 16.5 Å². The normalized spacial score (nSPS) is 15.1. The number of ether oxygens (including phenoxy) is 1. The van der Waals surface area contributed by atoms with Crippen LogP contribution in [0.15, 0.2) is 18.5 Å². The number of hydrogen-bond acceptors (Lipinski definition) is 4. The molecule has 1 heterocycles. The lowest BCUT2D eigenvalue weighted by Crippen LogP contribution is -2.31. The molecule has 2 N–H and O–H groups in total. The average Bonchev–Trinajstić information content (AvgIpc) is 2.37. The summed E-state index contributed by atoms with van der Waals surface area (Å²) in [6.07, 6.45) is -2.23. The SMILES string of the molecule is COCCNCCC(C)(O)c1cnccc1C(F)(F)F. The zero-order chi connectivity index (χ0) is 15.2. The van der Waals surface area contributed by atoms with Gasteiger partial charge in [0, 0.05) is 31.6 Å². The molecule has 1 aromatic heterocycles. The Hall–Kier alpha value is -1.18. The average molecular weight is 292 g/mol. The Balaban J connectivity index is 2.77. The molecule has 1 aromatic rings. The number of alkyl halides is 3. The summed E-state index contributed by atoms with van der Waals surface area (Å²) in [7, 11) is 1.56. The molecule has 1 rings (SSSR count). The number of rotatable bonds is 7. The topological polar surface area (TPSA) is 54.4 Å².